The molecule has 0 radical (unpaired) electrons. The van der Waals surface area contributed by atoms with Crippen LogP contribution in [0.5, 0.6) is 0 Å². The lowest BCUT2D eigenvalue weighted by atomic mass is 9.95. The Bertz CT molecular complexity index is 515. The first-order valence-corrected chi connectivity index (χ1v) is 7.83. The SMILES string of the molecule is Cc1ccccc1C(c1ccsc1)N1CCNCC1. The molecule has 2 aromatic rings. The Morgan fingerprint density at radius 3 is 2.63 bits per heavy atom. The molecule has 1 aliphatic heterocycles. The zero-order valence-corrected chi connectivity index (χ0v) is 12.1. The summed E-state index contributed by atoms with van der Waals surface area (Å²) in [6, 6.07) is 11.5. The van der Waals surface area contributed by atoms with Crippen LogP contribution in [-0.4, -0.2) is 31.1 Å². The molecule has 1 unspecified atom stereocenters. The summed E-state index contributed by atoms with van der Waals surface area (Å²) in [5.74, 6) is 0. The van der Waals surface area contributed by atoms with Crippen LogP contribution in [-0.2, 0) is 0 Å². The van der Waals surface area contributed by atoms with Crippen LogP contribution in [0.1, 0.15) is 22.7 Å². The molecule has 1 aliphatic rings. The summed E-state index contributed by atoms with van der Waals surface area (Å²) in [6.07, 6.45) is 0. The van der Waals surface area contributed by atoms with Crippen molar-refractivity contribution in [3.63, 3.8) is 0 Å². The molecular formula is C16H20N2S. The van der Waals surface area contributed by atoms with Crippen LogP contribution < -0.4 is 5.32 Å². The van der Waals surface area contributed by atoms with Gasteiger partial charge in [0.05, 0.1) is 6.04 Å². The van der Waals surface area contributed by atoms with E-state index < -0.39 is 0 Å². The minimum absolute atomic E-state index is 0.412. The molecule has 19 heavy (non-hydrogen) atoms. The first-order valence-electron chi connectivity index (χ1n) is 6.88. The van der Waals surface area contributed by atoms with Crippen LogP contribution in [0.15, 0.2) is 41.1 Å². The second kappa shape index (κ2) is 5.87. The van der Waals surface area contributed by atoms with Crippen molar-refractivity contribution in [3.8, 4) is 0 Å². The average molecular weight is 272 g/mol. The summed E-state index contributed by atoms with van der Waals surface area (Å²) >= 11 is 1.79. The Hall–Kier alpha value is -1.16. The van der Waals surface area contributed by atoms with Crippen LogP contribution in [0.4, 0.5) is 0 Å². The standard InChI is InChI=1S/C16H20N2S/c1-13-4-2-3-5-15(13)16(14-6-11-19-12-14)18-9-7-17-8-10-18/h2-6,11-12,16-17H,7-10H2,1H3. The van der Waals surface area contributed by atoms with E-state index in [9.17, 15) is 0 Å². The van der Waals surface area contributed by atoms with Crippen molar-refractivity contribution in [1.29, 1.82) is 0 Å². The van der Waals surface area contributed by atoms with Crippen molar-refractivity contribution < 1.29 is 0 Å². The average Bonchev–Trinajstić information content (AvgIpc) is 2.96. The van der Waals surface area contributed by atoms with Crippen LogP contribution in [0, 0.1) is 6.92 Å². The third-order valence-electron chi connectivity index (χ3n) is 3.86. The molecule has 2 heterocycles. The van der Waals surface area contributed by atoms with Gasteiger partial charge in [-0.1, -0.05) is 24.3 Å². The summed E-state index contributed by atoms with van der Waals surface area (Å²) in [5, 5.41) is 7.92. The quantitative estimate of drug-likeness (QED) is 0.924. The van der Waals surface area contributed by atoms with Gasteiger partial charge in [0.15, 0.2) is 0 Å². The highest BCUT2D eigenvalue weighted by Crippen LogP contribution is 2.32. The van der Waals surface area contributed by atoms with Gasteiger partial charge in [0.1, 0.15) is 0 Å². The van der Waals surface area contributed by atoms with E-state index in [1.807, 2.05) is 0 Å². The van der Waals surface area contributed by atoms with Crippen LogP contribution in [0.3, 0.4) is 0 Å². The van der Waals surface area contributed by atoms with E-state index in [1.165, 1.54) is 16.7 Å². The molecule has 3 rings (SSSR count). The number of aryl methyl sites for hydroxylation is 1. The van der Waals surface area contributed by atoms with Crippen molar-refractivity contribution >= 4 is 11.3 Å². The second-order valence-corrected chi connectivity index (χ2v) is 5.88. The van der Waals surface area contributed by atoms with E-state index >= 15 is 0 Å². The topological polar surface area (TPSA) is 15.3 Å². The summed E-state index contributed by atoms with van der Waals surface area (Å²) in [7, 11) is 0. The molecular weight excluding hydrogens is 252 g/mol. The Kier molecular flexibility index (Phi) is 3.97. The highest BCUT2D eigenvalue weighted by atomic mass is 32.1. The van der Waals surface area contributed by atoms with Gasteiger partial charge in [-0.2, -0.15) is 11.3 Å². The first-order chi connectivity index (χ1) is 9.36. The van der Waals surface area contributed by atoms with Crippen molar-refractivity contribution in [2.75, 3.05) is 26.2 Å². The lowest BCUT2D eigenvalue weighted by molar-refractivity contribution is 0.198. The minimum atomic E-state index is 0.412. The Morgan fingerprint density at radius 1 is 1.16 bits per heavy atom. The second-order valence-electron chi connectivity index (χ2n) is 5.10. The van der Waals surface area contributed by atoms with Gasteiger partial charge in [-0.05, 0) is 40.4 Å². The first kappa shape index (κ1) is 12.9. The van der Waals surface area contributed by atoms with E-state index in [2.05, 4.69) is 58.2 Å². The lowest BCUT2D eigenvalue weighted by Crippen LogP contribution is -2.45. The van der Waals surface area contributed by atoms with Gasteiger partial charge in [-0.15, -0.1) is 0 Å². The van der Waals surface area contributed by atoms with Gasteiger partial charge in [0, 0.05) is 26.2 Å². The van der Waals surface area contributed by atoms with Gasteiger partial charge >= 0.3 is 0 Å². The largest absolute Gasteiger partial charge is 0.314 e. The number of rotatable bonds is 3. The van der Waals surface area contributed by atoms with Gasteiger partial charge < -0.3 is 5.32 Å². The highest BCUT2D eigenvalue weighted by molar-refractivity contribution is 7.08. The molecule has 0 spiro atoms. The molecule has 3 heteroatoms. The molecule has 1 fully saturated rings. The summed E-state index contributed by atoms with van der Waals surface area (Å²) in [6.45, 7) is 6.64. The van der Waals surface area contributed by atoms with Gasteiger partial charge in [0.2, 0.25) is 0 Å². The molecule has 1 saturated heterocycles. The molecule has 1 aromatic carbocycles. The Labute approximate surface area is 119 Å². The lowest BCUT2D eigenvalue weighted by Gasteiger charge is -2.35. The smallest absolute Gasteiger partial charge is 0.0613 e. The van der Waals surface area contributed by atoms with E-state index in [1.54, 1.807) is 11.3 Å². The normalized spacial score (nSPS) is 18.4. The van der Waals surface area contributed by atoms with E-state index in [-0.39, 0.29) is 0 Å². The molecule has 0 amide bonds. The molecule has 0 bridgehead atoms. The Morgan fingerprint density at radius 2 is 1.95 bits per heavy atom. The minimum Gasteiger partial charge on any atom is -0.314 e. The molecule has 1 aromatic heterocycles. The number of nitrogens with one attached hydrogen (secondary N) is 1. The van der Waals surface area contributed by atoms with Crippen molar-refractivity contribution in [1.82, 2.24) is 10.2 Å². The van der Waals surface area contributed by atoms with Crippen molar-refractivity contribution in [3.05, 3.63) is 57.8 Å². The summed E-state index contributed by atoms with van der Waals surface area (Å²) in [5.41, 5.74) is 4.27. The summed E-state index contributed by atoms with van der Waals surface area (Å²) < 4.78 is 0. The molecule has 1 N–H and O–H groups in total. The monoisotopic (exact) mass is 272 g/mol. The number of thiophene rings is 1. The Balaban J connectivity index is 1.99. The van der Waals surface area contributed by atoms with Crippen LogP contribution in [0.2, 0.25) is 0 Å². The van der Waals surface area contributed by atoms with Crippen molar-refractivity contribution in [2.24, 2.45) is 0 Å². The maximum atomic E-state index is 3.44. The van der Waals surface area contributed by atoms with Crippen molar-refractivity contribution in [2.45, 2.75) is 13.0 Å². The fraction of sp³-hybridized carbons (Fsp3) is 0.375. The van der Waals surface area contributed by atoms with Crippen LogP contribution >= 0.6 is 11.3 Å². The van der Waals surface area contributed by atoms with Gasteiger partial charge in [-0.3, -0.25) is 4.90 Å². The zero-order valence-electron chi connectivity index (χ0n) is 11.3. The number of hydrogen-bond donors (Lipinski definition) is 1. The predicted molar refractivity (Wildman–Crippen MR) is 81.8 cm³/mol. The number of nitrogens with zero attached hydrogens (tertiary/aromatic N) is 1. The highest BCUT2D eigenvalue weighted by Gasteiger charge is 2.24. The molecule has 0 aliphatic carbocycles. The van der Waals surface area contributed by atoms with E-state index in [0.29, 0.717) is 6.04 Å². The molecule has 100 valence electrons. The predicted octanol–water partition coefficient (Wildman–Crippen LogP) is 3.05. The molecule has 2 nitrogen and oxygen atoms in total. The third kappa shape index (κ3) is 2.73. The molecule has 1 atom stereocenters. The summed E-state index contributed by atoms with van der Waals surface area (Å²) in [4.78, 5) is 2.60. The fourth-order valence-corrected chi connectivity index (χ4v) is 3.53. The zero-order chi connectivity index (χ0) is 13.1. The van der Waals surface area contributed by atoms with Gasteiger partial charge in [0.25, 0.3) is 0 Å². The third-order valence-corrected chi connectivity index (χ3v) is 4.56. The number of benzene rings is 1. The maximum Gasteiger partial charge on any atom is 0.0613 e. The fourth-order valence-electron chi connectivity index (χ4n) is 2.85. The number of hydrogen-bond acceptors (Lipinski definition) is 3. The van der Waals surface area contributed by atoms with Crippen LogP contribution in [0.25, 0.3) is 0 Å². The van der Waals surface area contributed by atoms with E-state index in [0.717, 1.165) is 26.2 Å². The van der Waals surface area contributed by atoms with Gasteiger partial charge in [-0.25, -0.2) is 0 Å². The van der Waals surface area contributed by atoms with E-state index in [4.69, 9.17) is 0 Å². The number of piperazine rings is 1. The molecule has 0 saturated carbocycles. The maximum absolute atomic E-state index is 3.44.